The fourth-order valence-corrected chi connectivity index (χ4v) is 4.68. The van der Waals surface area contributed by atoms with Crippen LogP contribution in [0.25, 0.3) is 0 Å². The minimum atomic E-state index is -0.599. The summed E-state index contributed by atoms with van der Waals surface area (Å²) in [5.74, 6) is 0.675. The van der Waals surface area contributed by atoms with E-state index < -0.39 is 5.54 Å². The Labute approximate surface area is 166 Å². The maximum Gasteiger partial charge on any atom is 0.237 e. The maximum atomic E-state index is 11.7. The Morgan fingerprint density at radius 1 is 1.30 bits per heavy atom. The lowest BCUT2D eigenvalue weighted by Gasteiger charge is -2.43. The maximum absolute atomic E-state index is 11.7. The average Bonchev–Trinajstić information content (AvgIpc) is 3.13. The molecule has 0 saturated carbocycles. The number of amides is 1. The van der Waals surface area contributed by atoms with E-state index in [1.165, 1.54) is 12.0 Å². The van der Waals surface area contributed by atoms with Crippen molar-refractivity contribution in [3.8, 4) is 0 Å². The van der Waals surface area contributed by atoms with Crippen LogP contribution in [-0.2, 0) is 17.8 Å². The molecular formula is C19H32N6OS. The van der Waals surface area contributed by atoms with Gasteiger partial charge in [0.05, 0.1) is 5.54 Å². The van der Waals surface area contributed by atoms with Crippen LogP contribution in [0.1, 0.15) is 24.3 Å². The molecule has 1 saturated heterocycles. The number of carbonyl (C=O) groups is 1. The first-order valence-corrected chi connectivity index (χ1v) is 10.6. The highest BCUT2D eigenvalue weighted by Gasteiger charge is 2.35. The van der Waals surface area contributed by atoms with Gasteiger partial charge in [0.2, 0.25) is 5.91 Å². The summed E-state index contributed by atoms with van der Waals surface area (Å²) < 4.78 is 0. The molecule has 1 fully saturated rings. The van der Waals surface area contributed by atoms with E-state index in [0.29, 0.717) is 0 Å². The van der Waals surface area contributed by atoms with Crippen molar-refractivity contribution >= 4 is 23.2 Å². The minimum Gasteiger partial charge on any atom is -0.368 e. The second kappa shape index (κ2) is 8.58. The molecule has 0 spiro atoms. The Balaban J connectivity index is 1.43. The Hall–Kier alpha value is -1.64. The van der Waals surface area contributed by atoms with E-state index in [9.17, 15) is 4.79 Å². The fraction of sp³-hybridized carbons (Fsp3) is 0.684. The zero-order valence-corrected chi connectivity index (χ0v) is 17.5. The third kappa shape index (κ3) is 4.62. The first kappa shape index (κ1) is 20.1. The molecular weight excluding hydrogens is 360 g/mol. The number of nitrogens with one attached hydrogen (secondary N) is 1. The number of rotatable bonds is 5. The standard InChI is InChI=1S/C19H32N6OS/c1-19(2,17(20)26)25-11-9-24(10-12-25)18(21-3)22-6-8-23-7-4-16-15(14-23)5-13-27-16/h5,13H,4,6-12,14H2,1-3H3,(H2,20,26)(H,21,22). The quantitative estimate of drug-likeness (QED) is 0.566. The molecule has 3 heterocycles. The van der Waals surface area contributed by atoms with Crippen molar-refractivity contribution < 1.29 is 4.79 Å². The SMILES string of the molecule is CN=C(NCCN1CCc2sccc2C1)N1CCN(C(C)(C)C(N)=O)CC1. The molecule has 2 aliphatic heterocycles. The van der Waals surface area contributed by atoms with Gasteiger partial charge < -0.3 is 16.0 Å². The number of hydrogen-bond donors (Lipinski definition) is 2. The van der Waals surface area contributed by atoms with Crippen LogP contribution in [0.3, 0.4) is 0 Å². The van der Waals surface area contributed by atoms with E-state index in [1.54, 1.807) is 4.88 Å². The van der Waals surface area contributed by atoms with Crippen molar-refractivity contribution in [1.29, 1.82) is 0 Å². The van der Waals surface area contributed by atoms with E-state index in [2.05, 4.69) is 36.5 Å². The number of piperazine rings is 1. The normalized spacial score (nSPS) is 19.8. The van der Waals surface area contributed by atoms with Crippen LogP contribution in [-0.4, -0.2) is 85.0 Å². The topological polar surface area (TPSA) is 77.2 Å². The average molecular weight is 393 g/mol. The summed E-state index contributed by atoms with van der Waals surface area (Å²) in [6.45, 7) is 11.2. The predicted octanol–water partition coefficient (Wildman–Crippen LogP) is 0.563. The van der Waals surface area contributed by atoms with Crippen LogP contribution in [0, 0.1) is 0 Å². The smallest absolute Gasteiger partial charge is 0.237 e. The van der Waals surface area contributed by atoms with Crippen LogP contribution in [0.4, 0.5) is 0 Å². The molecule has 8 heteroatoms. The second-order valence-corrected chi connectivity index (χ2v) is 8.77. The summed E-state index contributed by atoms with van der Waals surface area (Å²) in [6.07, 6.45) is 1.17. The van der Waals surface area contributed by atoms with Gasteiger partial charge in [-0.25, -0.2) is 0 Å². The Morgan fingerprint density at radius 3 is 2.70 bits per heavy atom. The highest BCUT2D eigenvalue weighted by molar-refractivity contribution is 7.10. The summed E-state index contributed by atoms with van der Waals surface area (Å²) in [7, 11) is 1.83. The van der Waals surface area contributed by atoms with Gasteiger partial charge in [0.1, 0.15) is 0 Å². The second-order valence-electron chi connectivity index (χ2n) is 7.77. The summed E-state index contributed by atoms with van der Waals surface area (Å²) in [4.78, 5) is 24.6. The molecule has 2 aliphatic rings. The van der Waals surface area contributed by atoms with E-state index in [4.69, 9.17) is 5.73 Å². The van der Waals surface area contributed by atoms with Crippen LogP contribution < -0.4 is 11.1 Å². The highest BCUT2D eigenvalue weighted by Crippen LogP contribution is 2.23. The van der Waals surface area contributed by atoms with Crippen LogP contribution in [0.5, 0.6) is 0 Å². The number of nitrogens with two attached hydrogens (primary N) is 1. The molecule has 1 aromatic rings. The van der Waals surface area contributed by atoms with Gasteiger partial charge in [0.15, 0.2) is 5.96 Å². The van der Waals surface area contributed by atoms with Gasteiger partial charge >= 0.3 is 0 Å². The van der Waals surface area contributed by atoms with Crippen molar-refractivity contribution in [2.24, 2.45) is 10.7 Å². The molecule has 0 aliphatic carbocycles. The molecule has 150 valence electrons. The van der Waals surface area contributed by atoms with Crippen molar-refractivity contribution in [3.63, 3.8) is 0 Å². The van der Waals surface area contributed by atoms with Gasteiger partial charge in [-0.2, -0.15) is 0 Å². The van der Waals surface area contributed by atoms with Crippen LogP contribution in [0.2, 0.25) is 0 Å². The molecule has 0 aromatic carbocycles. The summed E-state index contributed by atoms with van der Waals surface area (Å²) in [6, 6.07) is 2.26. The van der Waals surface area contributed by atoms with E-state index in [1.807, 2.05) is 32.2 Å². The monoisotopic (exact) mass is 392 g/mol. The Bertz CT molecular complexity index is 677. The number of guanidine groups is 1. The van der Waals surface area contributed by atoms with Gasteiger partial charge in [-0.1, -0.05) is 0 Å². The van der Waals surface area contributed by atoms with Crippen molar-refractivity contribution in [2.75, 3.05) is 52.9 Å². The summed E-state index contributed by atoms with van der Waals surface area (Å²) in [5.41, 5.74) is 6.44. The number of fused-ring (bicyclic) bond motifs is 1. The third-order valence-corrected chi connectivity index (χ3v) is 6.81. The molecule has 27 heavy (non-hydrogen) atoms. The number of thiophene rings is 1. The molecule has 3 N–H and O–H groups in total. The first-order chi connectivity index (χ1) is 12.9. The van der Waals surface area contributed by atoms with Gasteiger partial charge in [-0.05, 0) is 37.3 Å². The fourth-order valence-electron chi connectivity index (χ4n) is 3.79. The van der Waals surface area contributed by atoms with Crippen molar-refractivity contribution in [3.05, 3.63) is 21.9 Å². The number of carbonyl (C=O) groups excluding carboxylic acids is 1. The summed E-state index contributed by atoms with van der Waals surface area (Å²) in [5, 5.41) is 5.71. The largest absolute Gasteiger partial charge is 0.368 e. The molecule has 3 rings (SSSR count). The third-order valence-electron chi connectivity index (χ3n) is 5.78. The lowest BCUT2D eigenvalue weighted by Crippen LogP contribution is -2.61. The molecule has 7 nitrogen and oxygen atoms in total. The highest BCUT2D eigenvalue weighted by atomic mass is 32.1. The Morgan fingerprint density at radius 2 is 2.04 bits per heavy atom. The van der Waals surface area contributed by atoms with Gasteiger partial charge in [-0.3, -0.25) is 19.6 Å². The van der Waals surface area contributed by atoms with E-state index >= 15 is 0 Å². The first-order valence-electron chi connectivity index (χ1n) is 9.70. The summed E-state index contributed by atoms with van der Waals surface area (Å²) >= 11 is 1.88. The van der Waals surface area contributed by atoms with Gasteiger partial charge in [0.25, 0.3) is 0 Å². The van der Waals surface area contributed by atoms with E-state index in [-0.39, 0.29) is 5.91 Å². The lowest BCUT2D eigenvalue weighted by atomic mass is 10.0. The number of primary amides is 1. The van der Waals surface area contributed by atoms with Gasteiger partial charge in [0, 0.05) is 64.3 Å². The van der Waals surface area contributed by atoms with Gasteiger partial charge in [-0.15, -0.1) is 11.3 Å². The Kier molecular flexibility index (Phi) is 6.39. The van der Waals surface area contributed by atoms with E-state index in [0.717, 1.165) is 58.3 Å². The molecule has 0 atom stereocenters. The molecule has 1 aromatic heterocycles. The molecule has 0 unspecified atom stereocenters. The zero-order chi connectivity index (χ0) is 19.4. The van der Waals surface area contributed by atoms with Crippen LogP contribution >= 0.6 is 11.3 Å². The lowest BCUT2D eigenvalue weighted by molar-refractivity contribution is -0.129. The molecule has 0 bridgehead atoms. The number of nitrogens with zero attached hydrogens (tertiary/aromatic N) is 4. The molecule has 0 radical (unpaired) electrons. The zero-order valence-electron chi connectivity index (χ0n) is 16.7. The van der Waals surface area contributed by atoms with Crippen LogP contribution in [0.15, 0.2) is 16.4 Å². The minimum absolute atomic E-state index is 0.270. The molecule has 1 amide bonds. The number of hydrogen-bond acceptors (Lipinski definition) is 5. The number of aliphatic imine (C=N–C) groups is 1. The predicted molar refractivity (Wildman–Crippen MR) is 111 cm³/mol. The van der Waals surface area contributed by atoms with Crippen molar-refractivity contribution in [1.82, 2.24) is 20.0 Å². The van der Waals surface area contributed by atoms with Crippen molar-refractivity contribution in [2.45, 2.75) is 32.4 Å².